The van der Waals surface area contributed by atoms with Crippen LogP contribution < -0.4 is 0 Å². The van der Waals surface area contributed by atoms with E-state index in [2.05, 4.69) is 27.5 Å². The Hall–Kier alpha value is -1.92. The van der Waals surface area contributed by atoms with Gasteiger partial charge >= 0.3 is 0 Å². The molecule has 0 saturated carbocycles. The van der Waals surface area contributed by atoms with E-state index in [0.29, 0.717) is 4.77 Å². The van der Waals surface area contributed by atoms with Crippen molar-refractivity contribution in [2.24, 2.45) is 0 Å². The zero-order valence-electron chi connectivity index (χ0n) is 10.8. The lowest BCUT2D eigenvalue weighted by Gasteiger charge is -2.10. The minimum absolute atomic E-state index is 0.582. The fourth-order valence-corrected chi connectivity index (χ4v) is 2.84. The molecule has 3 aromatic rings. The highest BCUT2D eigenvalue weighted by atomic mass is 32.2. The maximum Gasteiger partial charge on any atom is 0.200 e. The molecule has 20 heavy (non-hydrogen) atoms. The third-order valence-electron chi connectivity index (χ3n) is 2.94. The fourth-order valence-electron chi connectivity index (χ4n) is 2.03. The summed E-state index contributed by atoms with van der Waals surface area (Å²) in [7, 11) is 0. The molecule has 2 heterocycles. The molecule has 6 heteroatoms. The van der Waals surface area contributed by atoms with Gasteiger partial charge in [-0.3, -0.25) is 14.6 Å². The molecule has 0 atom stereocenters. The summed E-state index contributed by atoms with van der Waals surface area (Å²) >= 11 is 7.07. The molecule has 0 amide bonds. The minimum Gasteiger partial charge on any atom is -0.267 e. The highest BCUT2D eigenvalue weighted by molar-refractivity contribution is 7.98. The summed E-state index contributed by atoms with van der Waals surface area (Å²) in [6, 6.07) is 12.0. The summed E-state index contributed by atoms with van der Waals surface area (Å²) in [4.78, 5) is 5.19. The predicted octanol–water partition coefficient (Wildman–Crippen LogP) is 3.71. The van der Waals surface area contributed by atoms with Gasteiger partial charge in [0.05, 0.1) is 5.69 Å². The van der Waals surface area contributed by atoms with Gasteiger partial charge in [-0.05, 0) is 42.7 Å². The van der Waals surface area contributed by atoms with Crippen LogP contribution in [0.1, 0.15) is 0 Å². The standard InChI is InChI=1S/C14H12N4S2/c1-20-12-5-3-2-4-11(12)18-13(16-17-14(18)19)10-6-8-15-9-7-10/h2-9H,1H3,(H,17,19). The van der Waals surface area contributed by atoms with Gasteiger partial charge in [-0.25, -0.2) is 0 Å². The second-order valence-corrected chi connectivity index (χ2v) is 5.33. The maximum absolute atomic E-state index is 5.38. The molecule has 1 aromatic carbocycles. The summed E-state index contributed by atoms with van der Waals surface area (Å²) in [6.45, 7) is 0. The molecule has 0 fully saturated rings. The number of aromatic amines is 1. The Morgan fingerprint density at radius 1 is 1.15 bits per heavy atom. The van der Waals surface area contributed by atoms with Crippen LogP contribution in [-0.2, 0) is 0 Å². The molecule has 0 bridgehead atoms. The quantitative estimate of drug-likeness (QED) is 0.591. The smallest absolute Gasteiger partial charge is 0.200 e. The van der Waals surface area contributed by atoms with Crippen LogP contribution in [0.4, 0.5) is 0 Å². The average molecular weight is 300 g/mol. The number of pyridine rings is 1. The highest BCUT2D eigenvalue weighted by Crippen LogP contribution is 2.27. The Bertz CT molecular complexity index is 777. The molecule has 100 valence electrons. The van der Waals surface area contributed by atoms with Gasteiger partial charge in [0.1, 0.15) is 0 Å². The number of nitrogens with zero attached hydrogens (tertiary/aromatic N) is 3. The molecule has 0 unspecified atom stereocenters. The van der Waals surface area contributed by atoms with E-state index in [0.717, 1.165) is 22.0 Å². The lowest BCUT2D eigenvalue weighted by molar-refractivity contribution is 1.01. The molecule has 0 saturated heterocycles. The van der Waals surface area contributed by atoms with Gasteiger partial charge in [0.25, 0.3) is 0 Å². The van der Waals surface area contributed by atoms with Crippen LogP contribution >= 0.6 is 24.0 Å². The number of H-pyrrole nitrogens is 1. The number of hydrogen-bond acceptors (Lipinski definition) is 4. The second kappa shape index (κ2) is 5.60. The Kier molecular flexibility index (Phi) is 3.66. The Morgan fingerprint density at radius 3 is 2.65 bits per heavy atom. The molecule has 4 nitrogen and oxygen atoms in total. The van der Waals surface area contributed by atoms with Crippen molar-refractivity contribution in [1.29, 1.82) is 0 Å². The number of benzene rings is 1. The van der Waals surface area contributed by atoms with Gasteiger partial charge < -0.3 is 0 Å². The fraction of sp³-hybridized carbons (Fsp3) is 0.0714. The highest BCUT2D eigenvalue weighted by Gasteiger charge is 2.12. The van der Waals surface area contributed by atoms with Crippen molar-refractivity contribution in [3.05, 3.63) is 53.6 Å². The Morgan fingerprint density at radius 2 is 1.90 bits per heavy atom. The Labute approximate surface area is 125 Å². The van der Waals surface area contributed by atoms with Gasteiger partial charge in [-0.15, -0.1) is 11.8 Å². The number of rotatable bonds is 3. The van der Waals surface area contributed by atoms with Crippen LogP contribution in [0.25, 0.3) is 17.1 Å². The van der Waals surface area contributed by atoms with Gasteiger partial charge in [-0.2, -0.15) is 5.10 Å². The zero-order chi connectivity index (χ0) is 13.9. The number of hydrogen-bond donors (Lipinski definition) is 1. The lowest BCUT2D eigenvalue weighted by atomic mass is 10.2. The summed E-state index contributed by atoms with van der Waals surface area (Å²) in [6.07, 6.45) is 5.55. The molecular weight excluding hydrogens is 288 g/mol. The van der Waals surface area contributed by atoms with E-state index in [1.165, 1.54) is 0 Å². The van der Waals surface area contributed by atoms with Gasteiger partial charge in [0.2, 0.25) is 0 Å². The number of para-hydroxylation sites is 1. The molecule has 3 rings (SSSR count). The molecule has 0 spiro atoms. The van der Waals surface area contributed by atoms with E-state index < -0.39 is 0 Å². The lowest BCUT2D eigenvalue weighted by Crippen LogP contribution is -1.99. The van der Waals surface area contributed by atoms with E-state index in [4.69, 9.17) is 12.2 Å². The number of aromatic nitrogens is 4. The summed E-state index contributed by atoms with van der Waals surface area (Å²) in [5.41, 5.74) is 2.01. The van der Waals surface area contributed by atoms with Crippen molar-refractivity contribution in [3.8, 4) is 17.1 Å². The molecular formula is C14H12N4S2. The third kappa shape index (κ3) is 2.28. The Balaban J connectivity index is 2.25. The van der Waals surface area contributed by atoms with Crippen LogP contribution in [-0.4, -0.2) is 26.0 Å². The maximum atomic E-state index is 5.38. The first kappa shape index (κ1) is 13.1. The van der Waals surface area contributed by atoms with Crippen LogP contribution in [0, 0.1) is 4.77 Å². The molecule has 0 radical (unpaired) electrons. The van der Waals surface area contributed by atoms with Gasteiger partial charge in [-0.1, -0.05) is 12.1 Å². The van der Waals surface area contributed by atoms with Crippen molar-refractivity contribution in [2.45, 2.75) is 4.90 Å². The van der Waals surface area contributed by atoms with E-state index in [1.54, 1.807) is 24.2 Å². The van der Waals surface area contributed by atoms with Crippen molar-refractivity contribution < 1.29 is 0 Å². The normalized spacial score (nSPS) is 10.7. The first-order valence-electron chi connectivity index (χ1n) is 6.02. The van der Waals surface area contributed by atoms with Gasteiger partial charge in [0, 0.05) is 22.9 Å². The largest absolute Gasteiger partial charge is 0.267 e. The van der Waals surface area contributed by atoms with Crippen LogP contribution in [0.15, 0.2) is 53.7 Å². The van der Waals surface area contributed by atoms with Crippen LogP contribution in [0.3, 0.4) is 0 Å². The average Bonchev–Trinajstić information content (AvgIpc) is 2.89. The van der Waals surface area contributed by atoms with Crippen molar-refractivity contribution in [3.63, 3.8) is 0 Å². The van der Waals surface area contributed by atoms with Crippen LogP contribution in [0.5, 0.6) is 0 Å². The molecule has 0 aliphatic rings. The topological polar surface area (TPSA) is 46.5 Å². The third-order valence-corrected chi connectivity index (χ3v) is 4.00. The van der Waals surface area contributed by atoms with Gasteiger partial charge in [0.15, 0.2) is 10.6 Å². The van der Waals surface area contributed by atoms with Crippen molar-refractivity contribution in [2.75, 3.05) is 6.26 Å². The van der Waals surface area contributed by atoms with E-state index >= 15 is 0 Å². The van der Waals surface area contributed by atoms with E-state index in [1.807, 2.05) is 34.9 Å². The molecule has 0 aliphatic heterocycles. The van der Waals surface area contributed by atoms with E-state index in [9.17, 15) is 0 Å². The number of nitrogens with one attached hydrogen (secondary N) is 1. The minimum atomic E-state index is 0.582. The predicted molar refractivity (Wildman–Crippen MR) is 83.8 cm³/mol. The second-order valence-electron chi connectivity index (χ2n) is 4.10. The van der Waals surface area contributed by atoms with Crippen LogP contribution in [0.2, 0.25) is 0 Å². The first-order valence-corrected chi connectivity index (χ1v) is 7.66. The molecule has 2 aromatic heterocycles. The van der Waals surface area contributed by atoms with E-state index in [-0.39, 0.29) is 0 Å². The number of thioether (sulfide) groups is 1. The van der Waals surface area contributed by atoms with Crippen molar-refractivity contribution in [1.82, 2.24) is 19.7 Å². The summed E-state index contributed by atoms with van der Waals surface area (Å²) in [5, 5.41) is 7.22. The van der Waals surface area contributed by atoms with Crippen molar-refractivity contribution >= 4 is 24.0 Å². The first-order chi connectivity index (χ1) is 9.81. The molecule has 0 aliphatic carbocycles. The molecule has 1 N–H and O–H groups in total. The monoisotopic (exact) mass is 300 g/mol. The summed E-state index contributed by atoms with van der Waals surface area (Å²) in [5.74, 6) is 0.791. The SMILES string of the molecule is CSc1ccccc1-n1c(-c2ccncc2)n[nH]c1=S. The zero-order valence-corrected chi connectivity index (χ0v) is 12.4. The summed E-state index contributed by atoms with van der Waals surface area (Å²) < 4.78 is 2.54.